The van der Waals surface area contributed by atoms with Gasteiger partial charge in [0.15, 0.2) is 0 Å². The van der Waals surface area contributed by atoms with E-state index < -0.39 is 0 Å². The van der Waals surface area contributed by atoms with Gasteiger partial charge in [0, 0.05) is 31.1 Å². The minimum Gasteiger partial charge on any atom is -0.334 e. The summed E-state index contributed by atoms with van der Waals surface area (Å²) in [4.78, 5) is 12.1. The molecule has 2 aromatic heterocycles. The van der Waals surface area contributed by atoms with Crippen molar-refractivity contribution in [2.24, 2.45) is 0 Å². The third-order valence-electron chi connectivity index (χ3n) is 5.25. The van der Waals surface area contributed by atoms with Crippen LogP contribution < -0.4 is 0 Å². The number of hydrogen-bond donors (Lipinski definition) is 0. The van der Waals surface area contributed by atoms with Crippen molar-refractivity contribution in [3.63, 3.8) is 0 Å². The van der Waals surface area contributed by atoms with Crippen LogP contribution >= 0.6 is 0 Å². The Hall–Kier alpha value is -2.46. The highest BCUT2D eigenvalue weighted by Gasteiger charge is 2.28. The summed E-state index contributed by atoms with van der Waals surface area (Å²) in [5, 5.41) is 0. The molecule has 1 saturated heterocycles. The largest absolute Gasteiger partial charge is 0.334 e. The fraction of sp³-hybridized carbons (Fsp3) is 0.364. The summed E-state index contributed by atoms with van der Waals surface area (Å²) < 4.78 is 2.23. The van der Waals surface area contributed by atoms with E-state index in [1.807, 2.05) is 6.20 Å². The number of imidazole rings is 1. The van der Waals surface area contributed by atoms with Crippen molar-refractivity contribution in [3.05, 3.63) is 83.7 Å². The first kappa shape index (κ1) is 17.0. The number of pyridine rings is 1. The molecular weight excluding hydrogens is 320 g/mol. The Morgan fingerprint density at radius 3 is 2.81 bits per heavy atom. The van der Waals surface area contributed by atoms with Gasteiger partial charge >= 0.3 is 0 Å². The third-order valence-corrected chi connectivity index (χ3v) is 5.25. The highest BCUT2D eigenvalue weighted by atomic mass is 15.2. The molecule has 1 atom stereocenters. The molecule has 1 unspecified atom stereocenters. The van der Waals surface area contributed by atoms with Gasteiger partial charge in [0.05, 0.1) is 18.3 Å². The lowest BCUT2D eigenvalue weighted by atomic mass is 10.1. The quantitative estimate of drug-likeness (QED) is 0.670. The van der Waals surface area contributed by atoms with Crippen LogP contribution in [-0.2, 0) is 19.5 Å². The van der Waals surface area contributed by atoms with Gasteiger partial charge < -0.3 is 4.57 Å². The Kier molecular flexibility index (Phi) is 5.12. The van der Waals surface area contributed by atoms with Gasteiger partial charge in [-0.1, -0.05) is 36.4 Å². The molecule has 1 fully saturated rings. The molecule has 134 valence electrons. The van der Waals surface area contributed by atoms with E-state index in [-0.39, 0.29) is 0 Å². The second-order valence-corrected chi connectivity index (χ2v) is 6.97. The molecule has 1 aromatic carbocycles. The summed E-state index contributed by atoms with van der Waals surface area (Å²) in [6, 6.07) is 17.5. The smallest absolute Gasteiger partial charge is 0.122 e. The molecule has 3 aromatic rings. The molecule has 0 bridgehead atoms. The van der Waals surface area contributed by atoms with Gasteiger partial charge in [-0.3, -0.25) is 9.88 Å². The molecule has 0 amide bonds. The SMILES string of the molecule is CCn1ccnc1CN1CCCC1c1cccc(Cc2ccccc2)n1. The molecule has 3 heterocycles. The van der Waals surface area contributed by atoms with Gasteiger partial charge in [-0.25, -0.2) is 4.98 Å². The second-order valence-electron chi connectivity index (χ2n) is 6.97. The standard InChI is InChI=1S/C22H26N4/c1-2-25-15-13-23-22(25)17-26-14-7-12-21(26)20-11-6-10-19(24-20)16-18-8-4-3-5-9-18/h3-6,8-11,13,15,21H,2,7,12,14,16-17H2,1H3. The van der Waals surface area contributed by atoms with Crippen LogP contribution in [0.5, 0.6) is 0 Å². The first-order valence-electron chi connectivity index (χ1n) is 9.57. The summed E-state index contributed by atoms with van der Waals surface area (Å²) in [7, 11) is 0. The van der Waals surface area contributed by atoms with Crippen molar-refractivity contribution < 1.29 is 0 Å². The lowest BCUT2D eigenvalue weighted by molar-refractivity contribution is 0.235. The maximum Gasteiger partial charge on any atom is 0.122 e. The summed E-state index contributed by atoms with van der Waals surface area (Å²) in [5.41, 5.74) is 3.66. The van der Waals surface area contributed by atoms with Crippen LogP contribution in [0.3, 0.4) is 0 Å². The topological polar surface area (TPSA) is 34.0 Å². The molecule has 1 aliphatic heterocycles. The van der Waals surface area contributed by atoms with Gasteiger partial charge in [0.25, 0.3) is 0 Å². The van der Waals surface area contributed by atoms with Gasteiger partial charge in [0.2, 0.25) is 0 Å². The zero-order chi connectivity index (χ0) is 17.8. The van der Waals surface area contributed by atoms with Gasteiger partial charge in [0.1, 0.15) is 5.82 Å². The molecule has 0 spiro atoms. The average Bonchev–Trinajstić information content (AvgIpc) is 3.32. The van der Waals surface area contributed by atoms with E-state index in [2.05, 4.69) is 76.1 Å². The van der Waals surface area contributed by atoms with Crippen molar-refractivity contribution in [1.29, 1.82) is 0 Å². The van der Waals surface area contributed by atoms with Crippen LogP contribution in [0.15, 0.2) is 60.9 Å². The zero-order valence-corrected chi connectivity index (χ0v) is 15.4. The molecule has 4 nitrogen and oxygen atoms in total. The third kappa shape index (κ3) is 3.70. The number of rotatable bonds is 6. The number of benzene rings is 1. The first-order valence-corrected chi connectivity index (χ1v) is 9.57. The predicted octanol–water partition coefficient (Wildman–Crippen LogP) is 4.23. The summed E-state index contributed by atoms with van der Waals surface area (Å²) >= 11 is 0. The van der Waals surface area contributed by atoms with Crippen molar-refractivity contribution in [1.82, 2.24) is 19.4 Å². The van der Waals surface area contributed by atoms with Gasteiger partial charge in [-0.15, -0.1) is 0 Å². The van der Waals surface area contributed by atoms with Crippen LogP contribution in [-0.4, -0.2) is 26.0 Å². The molecule has 1 aliphatic rings. The lowest BCUT2D eigenvalue weighted by Gasteiger charge is -2.24. The van der Waals surface area contributed by atoms with E-state index in [0.29, 0.717) is 6.04 Å². The predicted molar refractivity (Wildman–Crippen MR) is 104 cm³/mol. The van der Waals surface area contributed by atoms with Crippen molar-refractivity contribution in [2.75, 3.05) is 6.54 Å². The van der Waals surface area contributed by atoms with Crippen molar-refractivity contribution >= 4 is 0 Å². The van der Waals surface area contributed by atoms with E-state index >= 15 is 0 Å². The molecule has 4 heteroatoms. The van der Waals surface area contributed by atoms with Crippen LogP contribution in [0, 0.1) is 0 Å². The van der Waals surface area contributed by atoms with Gasteiger partial charge in [-0.05, 0) is 44.0 Å². The molecule has 26 heavy (non-hydrogen) atoms. The van der Waals surface area contributed by atoms with Crippen LogP contribution in [0.4, 0.5) is 0 Å². The van der Waals surface area contributed by atoms with E-state index in [1.165, 1.54) is 24.1 Å². The second kappa shape index (κ2) is 7.83. The van der Waals surface area contributed by atoms with E-state index in [9.17, 15) is 0 Å². The summed E-state index contributed by atoms with van der Waals surface area (Å²) in [6.45, 7) is 5.15. The Bertz CT molecular complexity index is 840. The maximum absolute atomic E-state index is 5.00. The number of aromatic nitrogens is 3. The number of likely N-dealkylation sites (tertiary alicyclic amines) is 1. The molecule has 0 saturated carbocycles. The summed E-state index contributed by atoms with van der Waals surface area (Å²) in [6.07, 6.45) is 7.26. The molecule has 0 aliphatic carbocycles. The molecular formula is C22H26N4. The summed E-state index contributed by atoms with van der Waals surface area (Å²) in [5.74, 6) is 1.15. The van der Waals surface area contributed by atoms with E-state index in [4.69, 9.17) is 4.98 Å². The molecule has 0 radical (unpaired) electrons. The highest BCUT2D eigenvalue weighted by Crippen LogP contribution is 2.32. The highest BCUT2D eigenvalue weighted by molar-refractivity contribution is 5.24. The fourth-order valence-electron chi connectivity index (χ4n) is 3.90. The van der Waals surface area contributed by atoms with E-state index in [1.54, 1.807) is 0 Å². The normalized spacial score (nSPS) is 17.7. The number of nitrogens with zero attached hydrogens (tertiary/aromatic N) is 4. The van der Waals surface area contributed by atoms with Crippen molar-refractivity contribution in [2.45, 2.75) is 45.3 Å². The van der Waals surface area contributed by atoms with Crippen molar-refractivity contribution in [3.8, 4) is 0 Å². The first-order chi connectivity index (χ1) is 12.8. The van der Waals surface area contributed by atoms with Gasteiger partial charge in [-0.2, -0.15) is 0 Å². The Balaban J connectivity index is 1.51. The number of hydrogen-bond acceptors (Lipinski definition) is 3. The molecule has 0 N–H and O–H groups in total. The average molecular weight is 346 g/mol. The Labute approximate surface area is 155 Å². The van der Waals surface area contributed by atoms with E-state index in [0.717, 1.165) is 37.6 Å². The van der Waals surface area contributed by atoms with Crippen LogP contribution in [0.2, 0.25) is 0 Å². The van der Waals surface area contributed by atoms with Crippen LogP contribution in [0.25, 0.3) is 0 Å². The molecule has 4 rings (SSSR count). The maximum atomic E-state index is 5.00. The zero-order valence-electron chi connectivity index (χ0n) is 15.4. The Morgan fingerprint density at radius 2 is 1.96 bits per heavy atom. The minimum absolute atomic E-state index is 0.396. The monoisotopic (exact) mass is 346 g/mol. The Morgan fingerprint density at radius 1 is 1.08 bits per heavy atom. The number of aryl methyl sites for hydroxylation is 1. The minimum atomic E-state index is 0.396. The fourth-order valence-corrected chi connectivity index (χ4v) is 3.90. The lowest BCUT2D eigenvalue weighted by Crippen LogP contribution is -2.25. The van der Waals surface area contributed by atoms with Crippen LogP contribution in [0.1, 0.15) is 48.6 Å².